The van der Waals surface area contributed by atoms with Crippen molar-refractivity contribution in [3.05, 3.63) is 23.9 Å². The van der Waals surface area contributed by atoms with Gasteiger partial charge in [0.05, 0.1) is 5.70 Å². The van der Waals surface area contributed by atoms with E-state index in [2.05, 4.69) is 33.2 Å². The van der Waals surface area contributed by atoms with Crippen molar-refractivity contribution in [3.8, 4) is 0 Å². The van der Waals surface area contributed by atoms with Crippen molar-refractivity contribution in [2.45, 2.75) is 31.2 Å². The van der Waals surface area contributed by atoms with Gasteiger partial charge in [0.15, 0.2) is 10.7 Å². The van der Waals surface area contributed by atoms with Gasteiger partial charge in [-0.15, -0.1) is 0 Å². The summed E-state index contributed by atoms with van der Waals surface area (Å²) >= 11 is 6.15. The van der Waals surface area contributed by atoms with Gasteiger partial charge in [0.25, 0.3) is 0 Å². The van der Waals surface area contributed by atoms with Crippen molar-refractivity contribution in [2.24, 2.45) is 26.8 Å². The maximum Gasteiger partial charge on any atom is 0.167 e. The van der Waals surface area contributed by atoms with E-state index >= 15 is 0 Å². The number of aliphatic imine (C=N–C) groups is 3. The molecular formula is C14H14ClN3. The smallest absolute Gasteiger partial charge is 0.167 e. The number of hydrogen-bond donors (Lipinski definition) is 0. The highest BCUT2D eigenvalue weighted by Crippen LogP contribution is 2.43. The Bertz CT molecular complexity index is 549. The summed E-state index contributed by atoms with van der Waals surface area (Å²) in [6, 6.07) is 0. The molecule has 0 saturated heterocycles. The lowest BCUT2D eigenvalue weighted by Crippen LogP contribution is -2.34. The molecule has 0 radical (unpaired) electrons. The van der Waals surface area contributed by atoms with Crippen LogP contribution in [0, 0.1) is 11.8 Å². The predicted molar refractivity (Wildman–Crippen MR) is 74.6 cm³/mol. The topological polar surface area (TPSA) is 37.1 Å². The van der Waals surface area contributed by atoms with Crippen molar-refractivity contribution < 1.29 is 0 Å². The van der Waals surface area contributed by atoms with E-state index in [1.807, 2.05) is 0 Å². The summed E-state index contributed by atoms with van der Waals surface area (Å²) in [4.78, 5) is 13.2. The summed E-state index contributed by atoms with van der Waals surface area (Å²) in [7, 11) is 0. The molecule has 3 nitrogen and oxygen atoms in total. The number of hydrogen-bond acceptors (Lipinski definition) is 3. The zero-order chi connectivity index (χ0) is 12.2. The minimum atomic E-state index is -0.480. The molecule has 0 aromatic rings. The number of allylic oxidation sites excluding steroid dienone is 2. The molecule has 4 heteroatoms. The van der Waals surface area contributed by atoms with Crippen LogP contribution in [0.5, 0.6) is 0 Å². The Morgan fingerprint density at radius 3 is 2.94 bits per heavy atom. The zero-order valence-corrected chi connectivity index (χ0v) is 10.8. The Morgan fingerprint density at radius 2 is 2.11 bits per heavy atom. The summed E-state index contributed by atoms with van der Waals surface area (Å²) in [6.07, 6.45) is 13.6. The van der Waals surface area contributed by atoms with Gasteiger partial charge in [0, 0.05) is 0 Å². The normalized spacial score (nSPS) is 37.4. The van der Waals surface area contributed by atoms with Gasteiger partial charge in [-0.1, -0.05) is 36.6 Å². The first-order valence-electron chi connectivity index (χ1n) is 6.58. The second-order valence-electron chi connectivity index (χ2n) is 5.42. The molecule has 2 atom stereocenters. The molecule has 1 fully saturated rings. The monoisotopic (exact) mass is 259 g/mol. The fourth-order valence-electron chi connectivity index (χ4n) is 3.47. The number of halogens is 1. The van der Waals surface area contributed by atoms with Crippen LogP contribution in [0.1, 0.15) is 25.7 Å². The summed E-state index contributed by atoms with van der Waals surface area (Å²) in [5.74, 6) is 1.27. The third-order valence-corrected chi connectivity index (χ3v) is 4.73. The summed E-state index contributed by atoms with van der Waals surface area (Å²) in [5, 5.41) is 0.496. The van der Waals surface area contributed by atoms with Crippen molar-refractivity contribution in [2.75, 3.05) is 0 Å². The summed E-state index contributed by atoms with van der Waals surface area (Å²) in [5.41, 5.74) is 1.28. The van der Waals surface area contributed by atoms with Gasteiger partial charge in [0.2, 0.25) is 0 Å². The van der Waals surface area contributed by atoms with Gasteiger partial charge < -0.3 is 0 Å². The Morgan fingerprint density at radius 1 is 1.28 bits per heavy atom. The molecule has 92 valence electrons. The molecule has 0 N–H and O–H groups in total. The van der Waals surface area contributed by atoms with Gasteiger partial charge in [-0.25, -0.2) is 15.0 Å². The van der Waals surface area contributed by atoms with Crippen LogP contribution in [-0.4, -0.2) is 22.8 Å². The molecule has 2 unspecified atom stereocenters. The lowest BCUT2D eigenvalue weighted by atomic mass is 9.80. The summed E-state index contributed by atoms with van der Waals surface area (Å²) in [6.45, 7) is 0. The third-order valence-electron chi connectivity index (χ3n) is 4.47. The Balaban J connectivity index is 1.73. The molecule has 4 rings (SSSR count). The van der Waals surface area contributed by atoms with Crippen LogP contribution in [0.15, 0.2) is 38.9 Å². The average molecular weight is 260 g/mol. The van der Waals surface area contributed by atoms with E-state index in [-0.39, 0.29) is 0 Å². The Hall–Kier alpha value is -1.22. The molecule has 18 heavy (non-hydrogen) atoms. The highest BCUT2D eigenvalue weighted by atomic mass is 35.5. The van der Waals surface area contributed by atoms with Crippen LogP contribution in [0.25, 0.3) is 0 Å². The van der Waals surface area contributed by atoms with Crippen molar-refractivity contribution in [3.63, 3.8) is 0 Å². The maximum absolute atomic E-state index is 6.15. The Kier molecular flexibility index (Phi) is 2.16. The molecule has 2 heterocycles. The predicted octanol–water partition coefficient (Wildman–Crippen LogP) is 3.12. The van der Waals surface area contributed by atoms with Gasteiger partial charge in [-0.05, 0) is 30.8 Å². The van der Waals surface area contributed by atoms with Crippen LogP contribution in [0.2, 0.25) is 0 Å². The fraction of sp³-hybridized carbons (Fsp3) is 0.500. The van der Waals surface area contributed by atoms with E-state index in [0.29, 0.717) is 11.1 Å². The second-order valence-corrected chi connectivity index (χ2v) is 5.78. The van der Waals surface area contributed by atoms with Gasteiger partial charge in [-0.2, -0.15) is 0 Å². The quantitative estimate of drug-likeness (QED) is 0.649. The molecule has 1 spiro atoms. The fourth-order valence-corrected chi connectivity index (χ4v) is 3.76. The summed E-state index contributed by atoms with van der Waals surface area (Å²) < 4.78 is 0. The molecule has 0 aromatic heterocycles. The first kappa shape index (κ1) is 10.7. The van der Waals surface area contributed by atoms with Crippen LogP contribution in [-0.2, 0) is 0 Å². The van der Waals surface area contributed by atoms with Gasteiger partial charge in [-0.3, -0.25) is 0 Å². The lowest BCUT2D eigenvalue weighted by molar-refractivity contribution is 0.460. The van der Waals surface area contributed by atoms with E-state index < -0.39 is 5.54 Å². The van der Waals surface area contributed by atoms with E-state index in [0.717, 1.165) is 17.3 Å². The van der Waals surface area contributed by atoms with E-state index in [1.54, 1.807) is 6.34 Å². The minimum Gasteiger partial charge on any atom is -0.250 e. The molecular weight excluding hydrogens is 246 g/mol. The zero-order valence-electron chi connectivity index (χ0n) is 10.0. The van der Waals surface area contributed by atoms with Crippen LogP contribution < -0.4 is 0 Å². The second kappa shape index (κ2) is 3.64. The van der Waals surface area contributed by atoms with E-state index in [9.17, 15) is 0 Å². The van der Waals surface area contributed by atoms with Gasteiger partial charge >= 0.3 is 0 Å². The van der Waals surface area contributed by atoms with Crippen molar-refractivity contribution in [1.82, 2.24) is 0 Å². The molecule has 0 amide bonds. The standard InChI is InChI=1S/C14H14ClN3/c15-13-12-14(17-8-16-12)6-5-10(7-11(14)18-13)9-3-1-2-4-9/h5-10H,1-4H2. The number of nitrogens with zero attached hydrogens (tertiary/aromatic N) is 3. The maximum atomic E-state index is 6.15. The molecule has 1 saturated carbocycles. The highest BCUT2D eigenvalue weighted by Gasteiger charge is 2.48. The highest BCUT2D eigenvalue weighted by molar-refractivity contribution is 6.86. The number of rotatable bonds is 1. The van der Waals surface area contributed by atoms with E-state index in [1.165, 1.54) is 25.7 Å². The first-order chi connectivity index (χ1) is 8.79. The van der Waals surface area contributed by atoms with E-state index in [4.69, 9.17) is 11.6 Å². The molecule has 0 aromatic carbocycles. The van der Waals surface area contributed by atoms with Crippen LogP contribution in [0.3, 0.4) is 0 Å². The SMILES string of the molecule is ClC1=NC2=CC(C3CCCC3)C=CC23N=CN=C13. The molecule has 0 bridgehead atoms. The van der Waals surface area contributed by atoms with Crippen LogP contribution >= 0.6 is 11.6 Å². The van der Waals surface area contributed by atoms with Crippen LogP contribution in [0.4, 0.5) is 0 Å². The Labute approximate surface area is 111 Å². The first-order valence-corrected chi connectivity index (χ1v) is 6.95. The molecule has 2 aliphatic heterocycles. The average Bonchev–Trinajstić information content (AvgIpc) is 3.04. The minimum absolute atomic E-state index is 0.480. The van der Waals surface area contributed by atoms with Crippen molar-refractivity contribution in [1.29, 1.82) is 0 Å². The third kappa shape index (κ3) is 1.28. The largest absolute Gasteiger partial charge is 0.250 e. The molecule has 2 aliphatic carbocycles. The lowest BCUT2D eigenvalue weighted by Gasteiger charge is -2.27. The van der Waals surface area contributed by atoms with Gasteiger partial charge in [0.1, 0.15) is 12.1 Å². The van der Waals surface area contributed by atoms with Crippen molar-refractivity contribution >= 4 is 28.8 Å². The molecule has 4 aliphatic rings.